The van der Waals surface area contributed by atoms with Crippen molar-refractivity contribution < 1.29 is 9.90 Å². The van der Waals surface area contributed by atoms with Crippen molar-refractivity contribution in [3.63, 3.8) is 0 Å². The molecule has 2 rings (SSSR count). The van der Waals surface area contributed by atoms with E-state index in [-0.39, 0.29) is 12.0 Å². The second kappa shape index (κ2) is 5.82. The van der Waals surface area contributed by atoms with E-state index in [1.54, 1.807) is 0 Å². The largest absolute Gasteiger partial charge is 0.481 e. The Morgan fingerprint density at radius 2 is 1.74 bits per heavy atom. The van der Waals surface area contributed by atoms with Crippen LogP contribution >= 0.6 is 0 Å². The summed E-state index contributed by atoms with van der Waals surface area (Å²) in [6.45, 7) is 9.10. The molecule has 3 nitrogen and oxygen atoms in total. The fourth-order valence-corrected chi connectivity index (χ4v) is 3.87. The molecule has 1 saturated carbocycles. The van der Waals surface area contributed by atoms with Gasteiger partial charge in [-0.15, -0.1) is 0 Å². The van der Waals surface area contributed by atoms with Crippen molar-refractivity contribution in [3.8, 4) is 0 Å². The van der Waals surface area contributed by atoms with E-state index in [0.717, 1.165) is 32.4 Å². The van der Waals surface area contributed by atoms with Gasteiger partial charge >= 0.3 is 5.97 Å². The lowest BCUT2D eigenvalue weighted by Crippen LogP contribution is -2.50. The van der Waals surface area contributed by atoms with Crippen LogP contribution in [0.2, 0.25) is 0 Å². The highest BCUT2D eigenvalue weighted by Crippen LogP contribution is 2.42. The smallest absolute Gasteiger partial charge is 0.308 e. The van der Waals surface area contributed by atoms with Gasteiger partial charge < -0.3 is 5.11 Å². The molecule has 1 heterocycles. The summed E-state index contributed by atoms with van der Waals surface area (Å²) in [5.74, 6) is -0.0605. The topological polar surface area (TPSA) is 40.5 Å². The van der Waals surface area contributed by atoms with Crippen LogP contribution in [0.3, 0.4) is 0 Å². The zero-order chi connectivity index (χ0) is 14.0. The van der Waals surface area contributed by atoms with Gasteiger partial charge in [0, 0.05) is 6.04 Å². The Hall–Kier alpha value is -0.570. The Morgan fingerprint density at radius 1 is 1.11 bits per heavy atom. The van der Waals surface area contributed by atoms with Crippen molar-refractivity contribution in [2.75, 3.05) is 13.1 Å². The molecule has 1 saturated heterocycles. The number of carboxylic acid groups (broad SMARTS) is 1. The lowest BCUT2D eigenvalue weighted by Gasteiger charge is -2.46. The van der Waals surface area contributed by atoms with Crippen molar-refractivity contribution in [1.29, 1.82) is 0 Å². The van der Waals surface area contributed by atoms with Crippen LogP contribution in [0.5, 0.6) is 0 Å². The zero-order valence-electron chi connectivity index (χ0n) is 12.7. The Morgan fingerprint density at radius 3 is 2.26 bits per heavy atom. The minimum atomic E-state index is -0.581. The maximum Gasteiger partial charge on any atom is 0.308 e. The second-order valence-electron chi connectivity index (χ2n) is 7.48. The molecular formula is C16H29NO2. The molecule has 3 atom stereocenters. The molecule has 3 heteroatoms. The van der Waals surface area contributed by atoms with Gasteiger partial charge in [-0.1, -0.05) is 27.2 Å². The molecule has 0 aromatic heterocycles. The van der Waals surface area contributed by atoms with Gasteiger partial charge in [-0.05, 0) is 56.5 Å². The zero-order valence-corrected chi connectivity index (χ0v) is 12.7. The molecule has 0 bridgehead atoms. The predicted octanol–water partition coefficient (Wildman–Crippen LogP) is 3.39. The Balaban J connectivity index is 2.10. The number of piperidine rings is 1. The summed E-state index contributed by atoms with van der Waals surface area (Å²) in [6.07, 6.45) is 6.79. The van der Waals surface area contributed by atoms with Gasteiger partial charge in [0.1, 0.15) is 0 Å². The number of rotatable bonds is 2. The third-order valence-electron chi connectivity index (χ3n) is 5.22. The fourth-order valence-electron chi connectivity index (χ4n) is 3.87. The summed E-state index contributed by atoms with van der Waals surface area (Å²) in [6, 6.07) is 0.274. The maximum absolute atomic E-state index is 11.5. The molecule has 1 aliphatic heterocycles. The average molecular weight is 267 g/mol. The minimum absolute atomic E-state index is 0.142. The first-order valence-corrected chi connectivity index (χ1v) is 7.86. The Kier molecular flexibility index (Phi) is 4.54. The molecule has 0 aromatic rings. The van der Waals surface area contributed by atoms with Crippen LogP contribution in [0.25, 0.3) is 0 Å². The van der Waals surface area contributed by atoms with E-state index in [9.17, 15) is 9.90 Å². The van der Waals surface area contributed by atoms with Crippen LogP contribution in [0.1, 0.15) is 59.3 Å². The molecule has 0 amide bonds. The van der Waals surface area contributed by atoms with Gasteiger partial charge in [0.25, 0.3) is 0 Å². The molecular weight excluding hydrogens is 238 g/mol. The van der Waals surface area contributed by atoms with Crippen LogP contribution in [0, 0.1) is 17.3 Å². The summed E-state index contributed by atoms with van der Waals surface area (Å²) in [4.78, 5) is 14.0. The number of carboxylic acids is 1. The first-order valence-electron chi connectivity index (χ1n) is 7.86. The number of aliphatic carboxylic acids is 1. The lowest BCUT2D eigenvalue weighted by molar-refractivity contribution is -0.147. The van der Waals surface area contributed by atoms with Crippen LogP contribution < -0.4 is 0 Å². The molecule has 110 valence electrons. The van der Waals surface area contributed by atoms with Crippen molar-refractivity contribution >= 4 is 5.97 Å². The summed E-state index contributed by atoms with van der Waals surface area (Å²) >= 11 is 0. The first-order chi connectivity index (χ1) is 8.89. The van der Waals surface area contributed by atoms with Gasteiger partial charge in [-0.2, -0.15) is 0 Å². The predicted molar refractivity (Wildman–Crippen MR) is 77.1 cm³/mol. The number of hydrogen-bond donors (Lipinski definition) is 1. The van der Waals surface area contributed by atoms with Crippen molar-refractivity contribution in [2.24, 2.45) is 17.3 Å². The lowest BCUT2D eigenvalue weighted by atomic mass is 9.67. The van der Waals surface area contributed by atoms with Crippen LogP contribution in [-0.2, 0) is 4.79 Å². The van der Waals surface area contributed by atoms with E-state index >= 15 is 0 Å². The summed E-state index contributed by atoms with van der Waals surface area (Å²) in [5, 5.41) is 9.50. The van der Waals surface area contributed by atoms with Gasteiger partial charge in [0.15, 0.2) is 0 Å². The van der Waals surface area contributed by atoms with Gasteiger partial charge in [-0.25, -0.2) is 0 Å². The molecule has 1 N–H and O–H groups in total. The van der Waals surface area contributed by atoms with Crippen molar-refractivity contribution in [1.82, 2.24) is 4.90 Å². The van der Waals surface area contributed by atoms with Crippen molar-refractivity contribution in [2.45, 2.75) is 65.3 Å². The standard InChI is InChI=1S/C16H29NO2/c1-16(2,3)12-7-8-13(15(18)19)14(11-12)17-9-5-4-6-10-17/h12-14H,4-11H2,1-3H3,(H,18,19). The monoisotopic (exact) mass is 267 g/mol. The molecule has 3 unspecified atom stereocenters. The quantitative estimate of drug-likeness (QED) is 0.833. The van der Waals surface area contributed by atoms with E-state index in [4.69, 9.17) is 0 Å². The molecule has 0 spiro atoms. The van der Waals surface area contributed by atoms with Gasteiger partial charge in [0.05, 0.1) is 5.92 Å². The number of hydrogen-bond acceptors (Lipinski definition) is 2. The van der Waals surface area contributed by atoms with Gasteiger partial charge in [0.2, 0.25) is 0 Å². The van der Waals surface area contributed by atoms with Crippen LogP contribution in [-0.4, -0.2) is 35.1 Å². The average Bonchev–Trinajstić information content (AvgIpc) is 2.38. The normalized spacial score (nSPS) is 34.2. The first kappa shape index (κ1) is 14.8. The van der Waals surface area contributed by atoms with E-state index in [0.29, 0.717) is 11.3 Å². The number of likely N-dealkylation sites (tertiary alicyclic amines) is 1. The molecule has 19 heavy (non-hydrogen) atoms. The highest BCUT2D eigenvalue weighted by atomic mass is 16.4. The van der Waals surface area contributed by atoms with Crippen LogP contribution in [0.15, 0.2) is 0 Å². The molecule has 1 aliphatic carbocycles. The SMILES string of the molecule is CC(C)(C)C1CCC(C(=O)O)C(N2CCCCC2)C1. The van der Waals surface area contributed by atoms with E-state index in [1.807, 2.05) is 0 Å². The third kappa shape index (κ3) is 3.50. The molecule has 2 aliphatic rings. The minimum Gasteiger partial charge on any atom is -0.481 e. The number of nitrogens with zero attached hydrogens (tertiary/aromatic N) is 1. The highest BCUT2D eigenvalue weighted by Gasteiger charge is 2.41. The molecule has 2 fully saturated rings. The van der Waals surface area contributed by atoms with E-state index < -0.39 is 5.97 Å². The summed E-state index contributed by atoms with van der Waals surface area (Å²) in [7, 11) is 0. The molecule has 0 radical (unpaired) electrons. The Bertz CT molecular complexity index is 315. The van der Waals surface area contributed by atoms with Gasteiger partial charge in [-0.3, -0.25) is 9.69 Å². The second-order valence-corrected chi connectivity index (χ2v) is 7.48. The maximum atomic E-state index is 11.5. The van der Waals surface area contributed by atoms with E-state index in [2.05, 4.69) is 25.7 Å². The third-order valence-corrected chi connectivity index (χ3v) is 5.22. The van der Waals surface area contributed by atoms with Crippen molar-refractivity contribution in [3.05, 3.63) is 0 Å². The highest BCUT2D eigenvalue weighted by molar-refractivity contribution is 5.71. The summed E-state index contributed by atoms with van der Waals surface area (Å²) < 4.78 is 0. The van der Waals surface area contributed by atoms with Crippen LogP contribution in [0.4, 0.5) is 0 Å². The molecule has 0 aromatic carbocycles. The fraction of sp³-hybridized carbons (Fsp3) is 0.938. The summed E-state index contributed by atoms with van der Waals surface area (Å²) in [5.41, 5.74) is 0.303. The Labute approximate surface area is 117 Å². The van der Waals surface area contributed by atoms with E-state index in [1.165, 1.54) is 19.3 Å². The number of carbonyl (C=O) groups is 1.